The minimum absolute atomic E-state index is 0.00131. The number of amides is 1. The minimum atomic E-state index is -0.662. The summed E-state index contributed by atoms with van der Waals surface area (Å²) in [7, 11) is 0. The van der Waals surface area contributed by atoms with Gasteiger partial charge >= 0.3 is 0 Å². The van der Waals surface area contributed by atoms with Crippen LogP contribution < -0.4 is 11.1 Å². The van der Waals surface area contributed by atoms with Gasteiger partial charge in [-0.05, 0) is 12.1 Å². The van der Waals surface area contributed by atoms with Gasteiger partial charge in [0.05, 0.1) is 0 Å². The van der Waals surface area contributed by atoms with Crippen molar-refractivity contribution in [3.8, 4) is 6.19 Å². The Morgan fingerprint density at radius 2 is 2.43 bits per heavy atom. The van der Waals surface area contributed by atoms with E-state index in [9.17, 15) is 9.18 Å². The third-order valence-corrected chi connectivity index (χ3v) is 1.31. The average Bonchev–Trinajstić information content (AvgIpc) is 2.52. The van der Waals surface area contributed by atoms with E-state index in [4.69, 9.17) is 11.0 Å². The molecule has 4 N–H and O–H groups in total. The lowest BCUT2D eigenvalue weighted by Gasteiger charge is -1.99. The zero-order valence-corrected chi connectivity index (χ0v) is 6.91. The molecule has 1 amide bonds. The fourth-order valence-electron chi connectivity index (χ4n) is 0.766. The van der Waals surface area contributed by atoms with E-state index in [-0.39, 0.29) is 11.7 Å². The first kappa shape index (κ1) is 9.73. The minimum Gasteiger partial charge on any atom is -0.369 e. The van der Waals surface area contributed by atoms with E-state index in [2.05, 4.69) is 15.3 Å². The monoisotopic (exact) mass is 195 g/mol. The number of nitrogens with two attached hydrogens (primary N) is 1. The number of nitrogens with zero attached hydrogens (tertiary/aromatic N) is 2. The predicted molar refractivity (Wildman–Crippen MR) is 45.5 cm³/mol. The van der Waals surface area contributed by atoms with Gasteiger partial charge in [0.1, 0.15) is 5.69 Å². The number of halogens is 1. The molecule has 0 aromatic carbocycles. The topological polar surface area (TPSA) is 107 Å². The molecule has 0 fully saturated rings. The molecule has 0 unspecified atom stereocenters. The average molecular weight is 195 g/mol. The van der Waals surface area contributed by atoms with Crippen molar-refractivity contribution in [3.63, 3.8) is 0 Å². The lowest BCUT2D eigenvalue weighted by Crippen LogP contribution is -2.36. The number of nitrogens with one attached hydrogen (secondary N) is 2. The Labute approximate surface area is 78.2 Å². The second-order valence-corrected chi connectivity index (χ2v) is 2.27. The Bertz CT molecular complexity index is 416. The maximum absolute atomic E-state index is 12.4. The van der Waals surface area contributed by atoms with Gasteiger partial charge in [0.15, 0.2) is 5.95 Å². The van der Waals surface area contributed by atoms with Crippen LogP contribution in [-0.2, 0) is 0 Å². The first-order valence-corrected chi connectivity index (χ1v) is 3.51. The highest BCUT2D eigenvalue weighted by Crippen LogP contribution is 1.98. The smallest absolute Gasteiger partial charge is 0.274 e. The summed E-state index contributed by atoms with van der Waals surface area (Å²) >= 11 is 0. The quantitative estimate of drug-likeness (QED) is 0.324. The Kier molecular flexibility index (Phi) is 2.81. The van der Waals surface area contributed by atoms with Crippen LogP contribution in [0.15, 0.2) is 17.1 Å². The van der Waals surface area contributed by atoms with Crippen LogP contribution in [0.25, 0.3) is 0 Å². The lowest BCUT2D eigenvalue weighted by molar-refractivity contribution is 0.0971. The SMILES string of the molecule is N#CN=C(N)NC(=O)c1ccc(F)[nH]1. The molecule has 6 nitrogen and oxygen atoms in total. The molecule has 0 atom stereocenters. The highest BCUT2D eigenvalue weighted by molar-refractivity contribution is 6.04. The molecule has 0 bridgehead atoms. The van der Waals surface area contributed by atoms with E-state index in [0.717, 1.165) is 6.07 Å². The molecule has 0 spiro atoms. The summed E-state index contributed by atoms with van der Waals surface area (Å²) in [4.78, 5) is 16.4. The van der Waals surface area contributed by atoms with E-state index >= 15 is 0 Å². The molecular weight excluding hydrogens is 189 g/mol. The van der Waals surface area contributed by atoms with Gasteiger partial charge in [-0.15, -0.1) is 4.99 Å². The van der Waals surface area contributed by atoms with E-state index < -0.39 is 11.9 Å². The van der Waals surface area contributed by atoms with Crippen molar-refractivity contribution in [2.24, 2.45) is 10.7 Å². The third kappa shape index (κ3) is 2.31. The number of hydrogen-bond donors (Lipinski definition) is 3. The molecular formula is C7H6FN5O. The van der Waals surface area contributed by atoms with Crippen molar-refractivity contribution in [3.05, 3.63) is 23.8 Å². The number of rotatable bonds is 1. The Morgan fingerprint density at radius 3 is 2.93 bits per heavy atom. The maximum atomic E-state index is 12.4. The molecule has 72 valence electrons. The van der Waals surface area contributed by atoms with Crippen molar-refractivity contribution in [1.29, 1.82) is 5.26 Å². The van der Waals surface area contributed by atoms with Gasteiger partial charge in [0, 0.05) is 0 Å². The number of hydrogen-bond acceptors (Lipinski definition) is 3. The molecule has 1 heterocycles. The molecule has 0 aliphatic carbocycles. The summed E-state index contributed by atoms with van der Waals surface area (Å²) in [5.41, 5.74) is 5.12. The van der Waals surface area contributed by atoms with Crippen molar-refractivity contribution in [2.75, 3.05) is 0 Å². The number of guanidine groups is 1. The van der Waals surface area contributed by atoms with Gasteiger partial charge < -0.3 is 10.7 Å². The Morgan fingerprint density at radius 1 is 1.71 bits per heavy atom. The first-order chi connectivity index (χ1) is 6.63. The summed E-state index contributed by atoms with van der Waals surface area (Å²) in [6.07, 6.45) is 1.39. The summed E-state index contributed by atoms with van der Waals surface area (Å²) in [6.45, 7) is 0. The second-order valence-electron chi connectivity index (χ2n) is 2.27. The fourth-order valence-corrected chi connectivity index (χ4v) is 0.766. The van der Waals surface area contributed by atoms with Crippen LogP contribution in [0.4, 0.5) is 4.39 Å². The molecule has 0 radical (unpaired) electrons. The molecule has 1 aromatic rings. The van der Waals surface area contributed by atoms with Crippen LogP contribution in [0.5, 0.6) is 0 Å². The van der Waals surface area contributed by atoms with Crippen LogP contribution in [0.1, 0.15) is 10.5 Å². The largest absolute Gasteiger partial charge is 0.369 e. The van der Waals surface area contributed by atoms with Gasteiger partial charge in [0.2, 0.25) is 12.2 Å². The summed E-state index contributed by atoms with van der Waals surface area (Å²) in [5.74, 6) is -1.64. The van der Waals surface area contributed by atoms with Gasteiger partial charge in [-0.3, -0.25) is 10.1 Å². The summed E-state index contributed by atoms with van der Waals surface area (Å²) in [6, 6.07) is 2.33. The van der Waals surface area contributed by atoms with Crippen molar-refractivity contribution >= 4 is 11.9 Å². The number of nitriles is 1. The fraction of sp³-hybridized carbons (Fsp3) is 0. The van der Waals surface area contributed by atoms with Crippen molar-refractivity contribution < 1.29 is 9.18 Å². The Hall–Kier alpha value is -2.36. The predicted octanol–water partition coefficient (Wildman–Crippen LogP) is -0.321. The number of aliphatic imine (C=N–C) groups is 1. The van der Waals surface area contributed by atoms with Gasteiger partial charge in [-0.1, -0.05) is 0 Å². The highest BCUT2D eigenvalue weighted by Gasteiger charge is 2.08. The van der Waals surface area contributed by atoms with Crippen molar-refractivity contribution in [2.45, 2.75) is 0 Å². The van der Waals surface area contributed by atoms with Crippen LogP contribution in [0, 0.1) is 17.4 Å². The van der Waals surface area contributed by atoms with Gasteiger partial charge in [0.25, 0.3) is 5.91 Å². The number of carbonyl (C=O) groups is 1. The zero-order chi connectivity index (χ0) is 10.6. The Balaban J connectivity index is 2.69. The third-order valence-electron chi connectivity index (χ3n) is 1.31. The van der Waals surface area contributed by atoms with E-state index in [1.54, 1.807) is 0 Å². The highest BCUT2D eigenvalue weighted by atomic mass is 19.1. The lowest BCUT2D eigenvalue weighted by atomic mass is 10.4. The molecule has 14 heavy (non-hydrogen) atoms. The number of H-pyrrole nitrogens is 1. The van der Waals surface area contributed by atoms with Crippen LogP contribution in [0.3, 0.4) is 0 Å². The van der Waals surface area contributed by atoms with Crippen LogP contribution in [0.2, 0.25) is 0 Å². The first-order valence-electron chi connectivity index (χ1n) is 3.51. The number of aromatic amines is 1. The number of carbonyl (C=O) groups excluding carboxylic acids is 1. The van der Waals surface area contributed by atoms with E-state index in [1.165, 1.54) is 12.3 Å². The molecule has 0 saturated carbocycles. The maximum Gasteiger partial charge on any atom is 0.274 e. The van der Waals surface area contributed by atoms with Crippen LogP contribution in [-0.4, -0.2) is 16.9 Å². The van der Waals surface area contributed by atoms with E-state index in [0.29, 0.717) is 0 Å². The molecule has 7 heteroatoms. The molecule has 1 aromatic heterocycles. The standard InChI is InChI=1S/C7H6FN5O/c8-5-2-1-4(12-5)6(14)13-7(10)11-3-9/h1-2,12H,(H3,10,11,13,14). The summed E-state index contributed by atoms with van der Waals surface area (Å²) < 4.78 is 12.4. The molecule has 0 saturated heterocycles. The number of aromatic nitrogens is 1. The summed E-state index contributed by atoms with van der Waals surface area (Å²) in [5, 5.41) is 10.2. The second kappa shape index (κ2) is 4.04. The zero-order valence-electron chi connectivity index (χ0n) is 6.91. The van der Waals surface area contributed by atoms with Crippen molar-refractivity contribution in [1.82, 2.24) is 10.3 Å². The molecule has 0 aliphatic heterocycles. The van der Waals surface area contributed by atoms with Gasteiger partial charge in [-0.2, -0.15) is 9.65 Å². The van der Waals surface area contributed by atoms with Crippen LogP contribution >= 0.6 is 0 Å². The molecule has 0 aliphatic rings. The van der Waals surface area contributed by atoms with E-state index in [1.807, 2.05) is 0 Å². The molecule has 1 rings (SSSR count). The normalized spacial score (nSPS) is 10.7. The van der Waals surface area contributed by atoms with Gasteiger partial charge in [-0.25, -0.2) is 0 Å².